The van der Waals surface area contributed by atoms with Gasteiger partial charge in [-0.2, -0.15) is 0 Å². The van der Waals surface area contributed by atoms with Crippen LogP contribution in [0.15, 0.2) is 29.4 Å². The lowest BCUT2D eigenvalue weighted by Gasteiger charge is -2.30. The third-order valence-corrected chi connectivity index (χ3v) is 5.23. The van der Waals surface area contributed by atoms with Gasteiger partial charge in [0.25, 0.3) is 0 Å². The van der Waals surface area contributed by atoms with Crippen molar-refractivity contribution in [2.75, 3.05) is 33.2 Å². The number of imidazole rings is 1. The largest absolute Gasteiger partial charge is 0.356 e. The van der Waals surface area contributed by atoms with Gasteiger partial charge >= 0.3 is 0 Å². The Morgan fingerprint density at radius 1 is 1.26 bits per heavy atom. The van der Waals surface area contributed by atoms with Gasteiger partial charge in [-0.3, -0.25) is 4.99 Å². The zero-order chi connectivity index (χ0) is 18.4. The van der Waals surface area contributed by atoms with E-state index < -0.39 is 0 Å². The molecule has 0 spiro atoms. The lowest BCUT2D eigenvalue weighted by atomic mass is 9.99. The fraction of sp³-hybridized carbons (Fsp3) is 0.600. The fourth-order valence-corrected chi connectivity index (χ4v) is 3.47. The maximum atomic E-state index is 4.65. The highest BCUT2D eigenvalue weighted by Crippen LogP contribution is 2.15. The molecule has 1 fully saturated rings. The van der Waals surface area contributed by atoms with Crippen LogP contribution < -0.4 is 10.6 Å². The van der Waals surface area contributed by atoms with Crippen LogP contribution in [-0.2, 0) is 6.54 Å². The molecule has 150 valence electrons. The predicted molar refractivity (Wildman–Crippen MR) is 123 cm³/mol. The molecule has 0 amide bonds. The maximum absolute atomic E-state index is 4.65. The summed E-state index contributed by atoms with van der Waals surface area (Å²) in [4.78, 5) is 11.5. The number of rotatable bonds is 6. The molecule has 0 atom stereocenters. The van der Waals surface area contributed by atoms with Crippen LogP contribution in [0.2, 0.25) is 0 Å². The number of halogens is 1. The molecule has 2 N–H and O–H groups in total. The number of pyridine rings is 1. The first-order valence-corrected chi connectivity index (χ1v) is 9.76. The minimum Gasteiger partial charge on any atom is -0.356 e. The van der Waals surface area contributed by atoms with Gasteiger partial charge in [0.15, 0.2) is 5.96 Å². The Morgan fingerprint density at radius 2 is 2.04 bits per heavy atom. The van der Waals surface area contributed by atoms with Gasteiger partial charge in [-0.15, -0.1) is 24.0 Å². The van der Waals surface area contributed by atoms with Crippen LogP contribution in [-0.4, -0.2) is 53.5 Å². The monoisotopic (exact) mass is 484 g/mol. The summed E-state index contributed by atoms with van der Waals surface area (Å²) in [7, 11) is 1.81. The Hall–Kier alpha value is -1.35. The van der Waals surface area contributed by atoms with E-state index in [1.807, 2.05) is 19.2 Å². The Kier molecular flexibility index (Phi) is 8.82. The van der Waals surface area contributed by atoms with E-state index in [1.165, 1.54) is 38.2 Å². The molecule has 0 aliphatic carbocycles. The van der Waals surface area contributed by atoms with Crippen molar-refractivity contribution in [3.8, 4) is 0 Å². The lowest BCUT2D eigenvalue weighted by Crippen LogP contribution is -2.39. The van der Waals surface area contributed by atoms with Crippen molar-refractivity contribution in [3.05, 3.63) is 35.8 Å². The lowest BCUT2D eigenvalue weighted by molar-refractivity contribution is 0.191. The highest BCUT2D eigenvalue weighted by molar-refractivity contribution is 14.0. The molecule has 1 aliphatic heterocycles. The summed E-state index contributed by atoms with van der Waals surface area (Å²) in [5.74, 6) is 1.74. The molecule has 2 aromatic rings. The Morgan fingerprint density at radius 3 is 2.74 bits per heavy atom. The van der Waals surface area contributed by atoms with Gasteiger partial charge in [0.05, 0.1) is 12.2 Å². The van der Waals surface area contributed by atoms with Crippen LogP contribution in [0.5, 0.6) is 0 Å². The summed E-state index contributed by atoms with van der Waals surface area (Å²) < 4.78 is 2.12. The first-order valence-electron chi connectivity index (χ1n) is 9.76. The molecule has 3 heterocycles. The minimum atomic E-state index is 0. The van der Waals surface area contributed by atoms with Gasteiger partial charge in [0.1, 0.15) is 5.65 Å². The molecule has 0 radical (unpaired) electrons. The van der Waals surface area contributed by atoms with Crippen molar-refractivity contribution in [2.45, 2.75) is 39.7 Å². The summed E-state index contributed by atoms with van der Waals surface area (Å²) in [5, 5.41) is 6.77. The van der Waals surface area contributed by atoms with E-state index in [-0.39, 0.29) is 24.0 Å². The molecule has 3 rings (SSSR count). The first kappa shape index (κ1) is 21.9. The number of hydrogen-bond donors (Lipinski definition) is 2. The second kappa shape index (κ2) is 10.8. The number of guanidine groups is 1. The summed E-state index contributed by atoms with van der Waals surface area (Å²) in [6.07, 6.45) is 5.91. The van der Waals surface area contributed by atoms with Gasteiger partial charge < -0.3 is 19.9 Å². The molecule has 1 aliphatic rings. The Bertz CT molecular complexity index is 733. The molecule has 0 unspecified atom stereocenters. The summed E-state index contributed by atoms with van der Waals surface area (Å²) in [5.41, 5.74) is 3.20. The molecule has 6 nitrogen and oxygen atoms in total. The Balaban J connectivity index is 0.00000261. The predicted octanol–water partition coefficient (Wildman–Crippen LogP) is 3.05. The molecule has 0 saturated carbocycles. The van der Waals surface area contributed by atoms with Crippen molar-refractivity contribution in [1.29, 1.82) is 0 Å². The third kappa shape index (κ3) is 6.34. The van der Waals surface area contributed by atoms with Crippen LogP contribution in [0.25, 0.3) is 5.65 Å². The van der Waals surface area contributed by atoms with Gasteiger partial charge in [-0.05, 0) is 63.9 Å². The molecule has 1 saturated heterocycles. The average molecular weight is 484 g/mol. The number of fused-ring (bicyclic) bond motifs is 1. The van der Waals surface area contributed by atoms with E-state index in [2.05, 4.69) is 56.0 Å². The number of hydrogen-bond acceptors (Lipinski definition) is 3. The number of aliphatic imine (C=N–C) groups is 1. The van der Waals surface area contributed by atoms with Crippen LogP contribution >= 0.6 is 24.0 Å². The standard InChI is InChI=1S/C20H32N6.HI/c1-16-8-12-25(13-9-16)11-5-10-22-20(21-3)23-14-18-15-26-17(2)6-4-7-19(26)24-18;/h4,6-7,15-16H,5,8-14H2,1-3H3,(H2,21,22,23);1H. The van der Waals surface area contributed by atoms with Crippen LogP contribution in [0.1, 0.15) is 37.6 Å². The molecular weight excluding hydrogens is 451 g/mol. The molecule has 7 heteroatoms. The third-order valence-electron chi connectivity index (χ3n) is 5.23. The highest BCUT2D eigenvalue weighted by Gasteiger charge is 2.14. The number of piperidine rings is 1. The van der Waals surface area contributed by atoms with E-state index >= 15 is 0 Å². The zero-order valence-electron chi connectivity index (χ0n) is 16.7. The van der Waals surface area contributed by atoms with E-state index in [1.54, 1.807) is 0 Å². The zero-order valence-corrected chi connectivity index (χ0v) is 19.1. The van der Waals surface area contributed by atoms with Gasteiger partial charge in [-0.25, -0.2) is 4.98 Å². The summed E-state index contributed by atoms with van der Waals surface area (Å²) in [6, 6.07) is 6.17. The first-order chi connectivity index (χ1) is 12.7. The summed E-state index contributed by atoms with van der Waals surface area (Å²) >= 11 is 0. The number of aryl methyl sites for hydroxylation is 1. The van der Waals surface area contributed by atoms with Crippen LogP contribution in [0.3, 0.4) is 0 Å². The molecule has 0 bridgehead atoms. The summed E-state index contributed by atoms with van der Waals surface area (Å²) in [6.45, 7) is 9.74. The van der Waals surface area contributed by atoms with Crippen LogP contribution in [0.4, 0.5) is 0 Å². The van der Waals surface area contributed by atoms with E-state index in [9.17, 15) is 0 Å². The fourth-order valence-electron chi connectivity index (χ4n) is 3.47. The second-order valence-corrected chi connectivity index (χ2v) is 7.36. The smallest absolute Gasteiger partial charge is 0.191 e. The molecule has 2 aromatic heterocycles. The highest BCUT2D eigenvalue weighted by atomic mass is 127. The molecule has 27 heavy (non-hydrogen) atoms. The van der Waals surface area contributed by atoms with Crippen molar-refractivity contribution in [3.63, 3.8) is 0 Å². The molecular formula is C20H33IN6. The average Bonchev–Trinajstić information content (AvgIpc) is 3.07. The Labute approximate surface area is 179 Å². The van der Waals surface area contributed by atoms with E-state index in [0.717, 1.165) is 36.2 Å². The number of likely N-dealkylation sites (tertiary alicyclic amines) is 1. The normalized spacial score (nSPS) is 16.3. The van der Waals surface area contributed by atoms with Crippen molar-refractivity contribution in [2.24, 2.45) is 10.9 Å². The van der Waals surface area contributed by atoms with Crippen molar-refractivity contribution in [1.82, 2.24) is 24.9 Å². The van der Waals surface area contributed by atoms with Crippen molar-refractivity contribution >= 4 is 35.6 Å². The van der Waals surface area contributed by atoms with Crippen LogP contribution in [0, 0.1) is 12.8 Å². The quantitative estimate of drug-likeness (QED) is 0.287. The van der Waals surface area contributed by atoms with E-state index in [4.69, 9.17) is 0 Å². The van der Waals surface area contributed by atoms with Gasteiger partial charge in [-0.1, -0.05) is 13.0 Å². The topological polar surface area (TPSA) is 57.0 Å². The van der Waals surface area contributed by atoms with Gasteiger partial charge in [0.2, 0.25) is 0 Å². The maximum Gasteiger partial charge on any atom is 0.191 e. The molecule has 0 aromatic carbocycles. The second-order valence-electron chi connectivity index (χ2n) is 7.36. The number of nitrogens with one attached hydrogen (secondary N) is 2. The SMILES string of the molecule is CN=C(NCCCN1CCC(C)CC1)NCc1cn2c(C)cccc2n1.I. The minimum absolute atomic E-state index is 0. The van der Waals surface area contributed by atoms with Crippen molar-refractivity contribution < 1.29 is 0 Å². The number of nitrogens with zero attached hydrogens (tertiary/aromatic N) is 4. The number of aromatic nitrogens is 2. The van der Waals surface area contributed by atoms with E-state index in [0.29, 0.717) is 6.54 Å². The van der Waals surface area contributed by atoms with Gasteiger partial charge in [0, 0.05) is 25.5 Å².